The molecular formula is C30H36O4. The molecule has 0 fully saturated rings. The lowest BCUT2D eigenvalue weighted by atomic mass is 9.47. The topological polar surface area (TPSA) is 74.6 Å². The van der Waals surface area contributed by atoms with E-state index < -0.39 is 22.2 Å². The molecule has 0 saturated heterocycles. The number of fused-ring (bicyclic) bond motifs is 3. The highest BCUT2D eigenvalue weighted by Gasteiger charge is 2.66. The van der Waals surface area contributed by atoms with Crippen molar-refractivity contribution >= 4 is 23.2 Å². The minimum atomic E-state index is -2.16. The van der Waals surface area contributed by atoms with Crippen LogP contribution in [-0.4, -0.2) is 27.4 Å². The molecule has 4 nitrogen and oxygen atoms in total. The third kappa shape index (κ3) is 2.87. The zero-order valence-corrected chi connectivity index (χ0v) is 21.5. The Balaban J connectivity index is 2.06. The smallest absolute Gasteiger partial charge is 0.206 e. The quantitative estimate of drug-likeness (QED) is 0.529. The van der Waals surface area contributed by atoms with E-state index in [1.165, 1.54) is 18.1 Å². The van der Waals surface area contributed by atoms with Gasteiger partial charge in [0.15, 0.2) is 11.4 Å². The standard InChI is InChI=1S/C30H36O4/c1-10-20-11-21(15(2)3)22-13-28(8)14-29(9)12-16(4)23(19(7)31)26(32)30(29,34)27(33)25(28)18(6)24(22)17(20)5/h10-11,15,33-34H,1,6,12-14H2,2-5,7-9H3/t28-,29+,30+/m1/s1. The molecule has 0 saturated carbocycles. The van der Waals surface area contributed by atoms with E-state index in [0.717, 1.165) is 16.7 Å². The number of aliphatic hydroxyl groups is 2. The molecule has 3 aliphatic carbocycles. The Morgan fingerprint density at radius 1 is 1.21 bits per heavy atom. The van der Waals surface area contributed by atoms with Crippen molar-refractivity contribution < 1.29 is 19.8 Å². The van der Waals surface area contributed by atoms with Gasteiger partial charge >= 0.3 is 0 Å². The van der Waals surface area contributed by atoms with E-state index >= 15 is 0 Å². The lowest BCUT2D eigenvalue weighted by Crippen LogP contribution is -2.63. The van der Waals surface area contributed by atoms with Gasteiger partial charge in [-0.25, -0.2) is 0 Å². The number of benzene rings is 1. The number of carbonyl (C=O) groups excluding carboxylic acids is 2. The van der Waals surface area contributed by atoms with Crippen molar-refractivity contribution in [3.8, 4) is 0 Å². The molecule has 1 aromatic rings. The highest BCUT2D eigenvalue weighted by Crippen LogP contribution is 2.64. The molecule has 1 aromatic carbocycles. The normalized spacial score (nSPS) is 30.9. The molecule has 4 rings (SSSR count). The maximum Gasteiger partial charge on any atom is 0.206 e. The molecule has 2 N–H and O–H groups in total. The number of rotatable bonds is 3. The van der Waals surface area contributed by atoms with Gasteiger partial charge in [-0.2, -0.15) is 0 Å². The molecule has 180 valence electrons. The van der Waals surface area contributed by atoms with Crippen LogP contribution in [0.5, 0.6) is 0 Å². The van der Waals surface area contributed by atoms with Gasteiger partial charge in [-0.05, 0) is 79.3 Å². The molecule has 3 aliphatic rings. The van der Waals surface area contributed by atoms with Crippen LogP contribution in [0.1, 0.15) is 88.1 Å². The van der Waals surface area contributed by atoms with Gasteiger partial charge in [0.1, 0.15) is 5.76 Å². The van der Waals surface area contributed by atoms with Crippen LogP contribution >= 0.6 is 0 Å². The summed E-state index contributed by atoms with van der Waals surface area (Å²) in [6.45, 7) is 21.8. The lowest BCUT2D eigenvalue weighted by molar-refractivity contribution is -0.157. The second kappa shape index (κ2) is 7.39. The van der Waals surface area contributed by atoms with E-state index in [0.29, 0.717) is 41.9 Å². The third-order valence-electron chi connectivity index (χ3n) is 8.61. The van der Waals surface area contributed by atoms with Crippen molar-refractivity contribution in [1.82, 2.24) is 0 Å². The highest BCUT2D eigenvalue weighted by molar-refractivity contribution is 6.24. The van der Waals surface area contributed by atoms with Gasteiger partial charge in [0, 0.05) is 16.4 Å². The predicted octanol–water partition coefficient (Wildman–Crippen LogP) is 6.17. The Morgan fingerprint density at radius 2 is 1.82 bits per heavy atom. The Hall–Kier alpha value is -2.72. The Labute approximate surface area is 202 Å². The van der Waals surface area contributed by atoms with Crippen molar-refractivity contribution in [2.75, 3.05) is 0 Å². The number of ketones is 2. The van der Waals surface area contributed by atoms with E-state index in [1.807, 2.05) is 19.9 Å². The number of hydrogen-bond donors (Lipinski definition) is 2. The Bertz CT molecular complexity index is 1260. The summed E-state index contributed by atoms with van der Waals surface area (Å²) in [4.78, 5) is 25.9. The van der Waals surface area contributed by atoms with Gasteiger partial charge in [0.2, 0.25) is 5.78 Å². The second-order valence-corrected chi connectivity index (χ2v) is 11.5. The van der Waals surface area contributed by atoms with Gasteiger partial charge in [0.05, 0.1) is 5.57 Å². The summed E-state index contributed by atoms with van der Waals surface area (Å²) in [6.07, 6.45) is 3.36. The summed E-state index contributed by atoms with van der Waals surface area (Å²) in [5.41, 5.74) is 3.69. The Kier molecular flexibility index (Phi) is 5.30. The largest absolute Gasteiger partial charge is 0.508 e. The molecule has 3 atom stereocenters. The first-order valence-electron chi connectivity index (χ1n) is 12.0. The van der Waals surface area contributed by atoms with E-state index in [9.17, 15) is 19.8 Å². The molecule has 0 heterocycles. The fourth-order valence-electron chi connectivity index (χ4n) is 7.29. The zero-order valence-electron chi connectivity index (χ0n) is 21.5. The first-order chi connectivity index (χ1) is 15.6. The van der Waals surface area contributed by atoms with Gasteiger partial charge in [-0.3, -0.25) is 9.59 Å². The summed E-state index contributed by atoms with van der Waals surface area (Å²) >= 11 is 0. The van der Waals surface area contributed by atoms with Crippen LogP contribution in [0.15, 0.2) is 41.7 Å². The fourth-order valence-corrected chi connectivity index (χ4v) is 7.29. The lowest BCUT2D eigenvalue weighted by Gasteiger charge is -2.57. The highest BCUT2D eigenvalue weighted by atomic mass is 16.3. The second-order valence-electron chi connectivity index (χ2n) is 11.5. The summed E-state index contributed by atoms with van der Waals surface area (Å²) in [7, 11) is 0. The van der Waals surface area contributed by atoms with Crippen molar-refractivity contribution in [1.29, 1.82) is 0 Å². The Morgan fingerprint density at radius 3 is 2.35 bits per heavy atom. The van der Waals surface area contributed by atoms with Crippen LogP contribution in [-0.2, 0) is 16.0 Å². The van der Waals surface area contributed by atoms with Gasteiger partial charge in [-0.1, -0.05) is 58.6 Å². The fraction of sp³-hybridized carbons (Fsp3) is 0.467. The first-order valence-corrected chi connectivity index (χ1v) is 12.0. The maximum absolute atomic E-state index is 13.6. The SMILES string of the molecule is C=Cc1cc(C(C)C)c2c(c1C)C(=C)C1=C(O)[C@@]3(O)C(=O)C(C(C)=O)=C(C)C[C@@]3(C)C[C@@]1(C)C2. The molecule has 4 heteroatoms. The van der Waals surface area contributed by atoms with E-state index in [4.69, 9.17) is 0 Å². The summed E-state index contributed by atoms with van der Waals surface area (Å²) < 4.78 is 0. The average molecular weight is 461 g/mol. The molecular weight excluding hydrogens is 424 g/mol. The molecule has 0 spiro atoms. The molecule has 0 radical (unpaired) electrons. The van der Waals surface area contributed by atoms with Gasteiger partial charge in [0.25, 0.3) is 0 Å². The molecule has 0 amide bonds. The zero-order chi connectivity index (χ0) is 25.5. The van der Waals surface area contributed by atoms with Crippen LogP contribution in [0.3, 0.4) is 0 Å². The number of allylic oxidation sites excluding steroid dienone is 3. The van der Waals surface area contributed by atoms with E-state index in [1.54, 1.807) is 6.92 Å². The number of hydrogen-bond acceptors (Lipinski definition) is 4. The van der Waals surface area contributed by atoms with Crippen molar-refractivity contribution in [2.45, 2.75) is 79.2 Å². The maximum atomic E-state index is 13.6. The summed E-state index contributed by atoms with van der Waals surface area (Å²) in [5.74, 6) is -1.13. The first kappa shape index (κ1) is 24.4. The number of aliphatic hydroxyl groups excluding tert-OH is 1. The molecule has 0 bridgehead atoms. The minimum Gasteiger partial charge on any atom is -0.508 e. The number of Topliss-reactive ketones (excluding diaryl/α,β-unsaturated/α-hetero) is 2. The van der Waals surface area contributed by atoms with Crippen LogP contribution in [0.2, 0.25) is 0 Å². The molecule has 0 unspecified atom stereocenters. The monoisotopic (exact) mass is 460 g/mol. The predicted molar refractivity (Wildman–Crippen MR) is 137 cm³/mol. The van der Waals surface area contributed by atoms with Crippen LogP contribution < -0.4 is 0 Å². The summed E-state index contributed by atoms with van der Waals surface area (Å²) in [6, 6.07) is 2.20. The van der Waals surface area contributed by atoms with Crippen LogP contribution in [0.25, 0.3) is 11.6 Å². The van der Waals surface area contributed by atoms with Gasteiger partial charge in [-0.15, -0.1) is 0 Å². The summed E-state index contributed by atoms with van der Waals surface area (Å²) in [5, 5.41) is 23.7. The van der Waals surface area contributed by atoms with Crippen molar-refractivity contribution in [2.24, 2.45) is 10.8 Å². The molecule has 0 aromatic heterocycles. The van der Waals surface area contributed by atoms with Crippen molar-refractivity contribution in [3.05, 3.63) is 69.5 Å². The van der Waals surface area contributed by atoms with Crippen molar-refractivity contribution in [3.63, 3.8) is 0 Å². The average Bonchev–Trinajstić information content (AvgIpc) is 2.70. The van der Waals surface area contributed by atoms with E-state index in [2.05, 4.69) is 40.0 Å². The van der Waals surface area contributed by atoms with Gasteiger partial charge < -0.3 is 10.2 Å². The van der Waals surface area contributed by atoms with Crippen LogP contribution in [0.4, 0.5) is 0 Å². The third-order valence-corrected chi connectivity index (χ3v) is 8.61. The van der Waals surface area contributed by atoms with Crippen LogP contribution in [0, 0.1) is 17.8 Å². The molecule has 34 heavy (non-hydrogen) atoms. The van der Waals surface area contributed by atoms with E-state index in [-0.39, 0.29) is 17.1 Å². The minimum absolute atomic E-state index is 0.00441. The molecule has 0 aliphatic heterocycles. The number of carbonyl (C=O) groups is 2.